The van der Waals surface area contributed by atoms with E-state index in [1.54, 1.807) is 23.2 Å². The number of halogens is 1. The molecule has 1 aliphatic heterocycles. The number of nitrogens with zero attached hydrogens (tertiary/aromatic N) is 2. The smallest absolute Gasteiger partial charge is 0.232 e. The molecular weight excluding hydrogens is 303 g/mol. The molecule has 1 amide bonds. The summed E-state index contributed by atoms with van der Waals surface area (Å²) in [6, 6.07) is 14.6. The number of anilines is 2. The van der Waals surface area contributed by atoms with Crippen LogP contribution in [0, 0.1) is 5.82 Å². The van der Waals surface area contributed by atoms with Crippen LogP contribution in [0.2, 0.25) is 0 Å². The van der Waals surface area contributed by atoms with Crippen LogP contribution in [0.5, 0.6) is 0 Å². The first kappa shape index (κ1) is 14.8. The van der Waals surface area contributed by atoms with Crippen LogP contribution in [-0.2, 0) is 10.2 Å². The highest BCUT2D eigenvalue weighted by Gasteiger charge is 2.39. The molecule has 1 aromatic heterocycles. The van der Waals surface area contributed by atoms with E-state index in [1.807, 2.05) is 44.2 Å². The molecule has 4 rings (SSSR count). The zero-order chi connectivity index (χ0) is 16.9. The lowest BCUT2D eigenvalue weighted by molar-refractivity contribution is -0.119. The predicted octanol–water partition coefficient (Wildman–Crippen LogP) is 4.72. The first-order valence-electron chi connectivity index (χ1n) is 7.94. The van der Waals surface area contributed by atoms with Crippen molar-refractivity contribution in [1.82, 2.24) is 4.98 Å². The van der Waals surface area contributed by atoms with Crippen LogP contribution in [0.1, 0.15) is 25.8 Å². The zero-order valence-electron chi connectivity index (χ0n) is 13.6. The summed E-state index contributed by atoms with van der Waals surface area (Å²) in [5.74, 6) is -0.320. The molecule has 0 N–H and O–H groups in total. The van der Waals surface area contributed by atoms with Gasteiger partial charge in [0.2, 0.25) is 5.91 Å². The molecule has 3 nitrogen and oxygen atoms in total. The molecule has 0 saturated heterocycles. The SMILES string of the molecule is CC1(C)CC(=O)N(c2cnc3ccccc3c2)c2cccc(F)c21. The van der Waals surface area contributed by atoms with Crippen LogP contribution in [0.15, 0.2) is 54.7 Å². The van der Waals surface area contributed by atoms with Crippen LogP contribution in [0.4, 0.5) is 15.8 Å². The lowest BCUT2D eigenvalue weighted by Gasteiger charge is -2.38. The molecule has 1 aliphatic rings. The lowest BCUT2D eigenvalue weighted by atomic mass is 9.77. The average Bonchev–Trinajstić information content (AvgIpc) is 2.53. The molecule has 0 fully saturated rings. The number of para-hydroxylation sites is 1. The number of aromatic nitrogens is 1. The van der Waals surface area contributed by atoms with Crippen LogP contribution >= 0.6 is 0 Å². The summed E-state index contributed by atoms with van der Waals surface area (Å²) in [6.07, 6.45) is 1.93. The van der Waals surface area contributed by atoms with Crippen molar-refractivity contribution < 1.29 is 9.18 Å². The predicted molar refractivity (Wildman–Crippen MR) is 92.9 cm³/mol. The van der Waals surface area contributed by atoms with E-state index in [0.717, 1.165) is 10.9 Å². The Morgan fingerprint density at radius 3 is 2.75 bits per heavy atom. The molecule has 0 bridgehead atoms. The molecule has 0 unspecified atom stereocenters. The molecule has 2 aromatic carbocycles. The largest absolute Gasteiger partial charge is 0.279 e. The summed E-state index contributed by atoms with van der Waals surface area (Å²) in [5, 5.41) is 0.950. The quantitative estimate of drug-likeness (QED) is 0.650. The minimum Gasteiger partial charge on any atom is -0.279 e. The Kier molecular flexibility index (Phi) is 3.17. The highest BCUT2D eigenvalue weighted by atomic mass is 19.1. The molecular formula is C20H17FN2O. The van der Waals surface area contributed by atoms with Gasteiger partial charge in [0, 0.05) is 22.8 Å². The summed E-state index contributed by atoms with van der Waals surface area (Å²) in [6.45, 7) is 3.81. The second-order valence-corrected chi connectivity index (χ2v) is 6.81. The summed E-state index contributed by atoms with van der Waals surface area (Å²) >= 11 is 0. The van der Waals surface area contributed by atoms with E-state index in [2.05, 4.69) is 4.98 Å². The third-order valence-corrected chi connectivity index (χ3v) is 4.59. The van der Waals surface area contributed by atoms with Crippen LogP contribution in [-0.4, -0.2) is 10.9 Å². The number of amides is 1. The summed E-state index contributed by atoms with van der Waals surface area (Å²) in [4.78, 5) is 18.8. The maximum Gasteiger partial charge on any atom is 0.232 e. The number of rotatable bonds is 1. The standard InChI is InChI=1S/C20H17FN2O/c1-20(2)11-18(24)23(17-9-5-7-15(21)19(17)20)14-10-13-6-3-4-8-16(13)22-12-14/h3-10,12H,11H2,1-2H3. The Balaban J connectivity index is 1.94. The molecule has 0 spiro atoms. The summed E-state index contributed by atoms with van der Waals surface area (Å²) in [7, 11) is 0. The monoisotopic (exact) mass is 320 g/mol. The molecule has 24 heavy (non-hydrogen) atoms. The number of hydrogen-bond donors (Lipinski definition) is 0. The molecule has 0 radical (unpaired) electrons. The van der Waals surface area contributed by atoms with Gasteiger partial charge in [-0.25, -0.2) is 4.39 Å². The van der Waals surface area contributed by atoms with Gasteiger partial charge in [0.1, 0.15) is 5.82 Å². The Labute approximate surface area is 139 Å². The van der Waals surface area contributed by atoms with Crippen LogP contribution in [0.3, 0.4) is 0 Å². The Bertz CT molecular complexity index is 965. The number of carbonyl (C=O) groups is 1. The zero-order valence-corrected chi connectivity index (χ0v) is 13.6. The maximum atomic E-state index is 14.5. The number of fused-ring (bicyclic) bond motifs is 2. The van der Waals surface area contributed by atoms with E-state index >= 15 is 0 Å². The highest BCUT2D eigenvalue weighted by molar-refractivity contribution is 6.05. The average molecular weight is 320 g/mol. The van der Waals surface area contributed by atoms with Crippen molar-refractivity contribution in [2.45, 2.75) is 25.7 Å². The van der Waals surface area contributed by atoms with E-state index < -0.39 is 5.41 Å². The van der Waals surface area contributed by atoms with E-state index in [0.29, 0.717) is 16.9 Å². The first-order valence-corrected chi connectivity index (χ1v) is 7.94. The van der Waals surface area contributed by atoms with Crippen molar-refractivity contribution in [3.8, 4) is 0 Å². The molecule has 0 aliphatic carbocycles. The highest BCUT2D eigenvalue weighted by Crippen LogP contribution is 2.44. The Morgan fingerprint density at radius 1 is 1.12 bits per heavy atom. The van der Waals surface area contributed by atoms with Gasteiger partial charge >= 0.3 is 0 Å². The fourth-order valence-corrected chi connectivity index (χ4v) is 3.51. The number of pyridine rings is 1. The van der Waals surface area contributed by atoms with Gasteiger partial charge in [-0.1, -0.05) is 38.1 Å². The van der Waals surface area contributed by atoms with Gasteiger partial charge in [-0.05, 0) is 24.3 Å². The molecule has 3 aromatic rings. The van der Waals surface area contributed by atoms with E-state index in [9.17, 15) is 9.18 Å². The Hall–Kier alpha value is -2.75. The minimum absolute atomic E-state index is 0.0461. The third kappa shape index (κ3) is 2.18. The van der Waals surface area contributed by atoms with Crippen molar-refractivity contribution >= 4 is 28.2 Å². The first-order chi connectivity index (χ1) is 11.5. The van der Waals surface area contributed by atoms with Gasteiger partial charge in [-0.15, -0.1) is 0 Å². The fraction of sp³-hybridized carbons (Fsp3) is 0.200. The van der Waals surface area contributed by atoms with Crippen molar-refractivity contribution in [3.63, 3.8) is 0 Å². The van der Waals surface area contributed by atoms with Crippen molar-refractivity contribution in [1.29, 1.82) is 0 Å². The lowest BCUT2D eigenvalue weighted by Crippen LogP contribution is -2.39. The normalized spacial score (nSPS) is 16.3. The van der Waals surface area contributed by atoms with Gasteiger partial charge in [0.05, 0.1) is 23.1 Å². The van der Waals surface area contributed by atoms with E-state index in [4.69, 9.17) is 0 Å². The third-order valence-electron chi connectivity index (χ3n) is 4.59. The molecule has 4 heteroatoms. The van der Waals surface area contributed by atoms with Crippen molar-refractivity contribution in [2.75, 3.05) is 4.90 Å². The topological polar surface area (TPSA) is 33.2 Å². The van der Waals surface area contributed by atoms with Crippen LogP contribution in [0.25, 0.3) is 10.9 Å². The fourth-order valence-electron chi connectivity index (χ4n) is 3.51. The van der Waals surface area contributed by atoms with Gasteiger partial charge in [0.25, 0.3) is 0 Å². The van der Waals surface area contributed by atoms with Crippen LogP contribution < -0.4 is 4.90 Å². The number of carbonyl (C=O) groups excluding carboxylic acids is 1. The molecule has 120 valence electrons. The maximum absolute atomic E-state index is 14.5. The second kappa shape index (κ2) is 5.13. The molecule has 0 atom stereocenters. The molecule has 0 saturated carbocycles. The van der Waals surface area contributed by atoms with Gasteiger partial charge in [-0.2, -0.15) is 0 Å². The summed E-state index contributed by atoms with van der Waals surface area (Å²) in [5.41, 5.74) is 2.19. The number of hydrogen-bond acceptors (Lipinski definition) is 2. The minimum atomic E-state index is -0.529. The molecule has 2 heterocycles. The van der Waals surface area contributed by atoms with Crippen molar-refractivity contribution in [2.24, 2.45) is 0 Å². The van der Waals surface area contributed by atoms with Gasteiger partial charge < -0.3 is 0 Å². The number of benzene rings is 2. The van der Waals surface area contributed by atoms with Gasteiger partial charge in [-0.3, -0.25) is 14.7 Å². The van der Waals surface area contributed by atoms with Crippen molar-refractivity contribution in [3.05, 3.63) is 66.1 Å². The Morgan fingerprint density at radius 2 is 1.92 bits per heavy atom. The summed E-state index contributed by atoms with van der Waals surface area (Å²) < 4.78 is 14.5. The second-order valence-electron chi connectivity index (χ2n) is 6.81. The van der Waals surface area contributed by atoms with Gasteiger partial charge in [0.15, 0.2) is 0 Å². The van der Waals surface area contributed by atoms with E-state index in [1.165, 1.54) is 6.07 Å². The van der Waals surface area contributed by atoms with E-state index in [-0.39, 0.29) is 18.1 Å².